The molecular weight excluding hydrogens is 396 g/mol. The zero-order valence-corrected chi connectivity index (χ0v) is 23.1. The molecule has 4 aliphatic carbocycles. The van der Waals surface area contributed by atoms with Crippen LogP contribution in [-0.4, -0.2) is 0 Å². The van der Waals surface area contributed by atoms with Gasteiger partial charge in [-0.05, 0) is 129 Å². The molecule has 0 spiro atoms. The third-order valence-corrected chi connectivity index (χ3v) is 12.4. The first-order chi connectivity index (χ1) is 15.5. The predicted molar refractivity (Wildman–Crippen MR) is 145 cm³/mol. The molecule has 4 saturated carbocycles. The fraction of sp³-hybridized carbons (Fsp3) is 0.818. The molecule has 0 unspecified atom stereocenters. The van der Waals surface area contributed by atoms with Gasteiger partial charge in [-0.2, -0.15) is 0 Å². The molecule has 186 valence electrons. The highest BCUT2D eigenvalue weighted by atomic mass is 14.7. The largest absolute Gasteiger partial charge is 0.103 e. The average Bonchev–Trinajstić information content (AvgIpc) is 3.10. The van der Waals surface area contributed by atoms with Crippen molar-refractivity contribution in [2.45, 2.75) is 125 Å². The van der Waals surface area contributed by atoms with Crippen LogP contribution in [0.15, 0.2) is 36.5 Å². The van der Waals surface area contributed by atoms with Crippen molar-refractivity contribution >= 4 is 0 Å². The molecule has 0 heteroatoms. The van der Waals surface area contributed by atoms with E-state index in [1.165, 1.54) is 76.2 Å². The fourth-order valence-corrected chi connectivity index (χ4v) is 10.5. The Morgan fingerprint density at radius 1 is 0.818 bits per heavy atom. The second-order valence-corrected chi connectivity index (χ2v) is 14.2. The molecule has 0 bridgehead atoms. The molecule has 0 aromatic rings. The van der Waals surface area contributed by atoms with Crippen LogP contribution in [0.2, 0.25) is 0 Å². The third-order valence-electron chi connectivity index (χ3n) is 12.4. The number of hydrogen-bond donors (Lipinski definition) is 0. The van der Waals surface area contributed by atoms with Crippen molar-refractivity contribution in [1.82, 2.24) is 0 Å². The lowest BCUT2D eigenvalue weighted by Crippen LogP contribution is -2.62. The van der Waals surface area contributed by atoms with Gasteiger partial charge in [0.15, 0.2) is 0 Å². The SMILES string of the molecule is C=CCC/C(C)=C/CCC(=C)[C@H]1CC[C@]2(C)[C@H]1CC[C@@H]1[C@@]3(C)CCCC(C)(C)[C@@H]3CC[C@]12C. The second kappa shape index (κ2) is 9.02. The minimum absolute atomic E-state index is 0.509. The Morgan fingerprint density at radius 2 is 1.55 bits per heavy atom. The van der Waals surface area contributed by atoms with E-state index in [0.29, 0.717) is 21.7 Å². The van der Waals surface area contributed by atoms with E-state index in [1.807, 2.05) is 6.08 Å². The molecule has 0 heterocycles. The summed E-state index contributed by atoms with van der Waals surface area (Å²) < 4.78 is 0. The lowest BCUT2D eigenvalue weighted by molar-refractivity contribution is -0.201. The molecule has 7 atom stereocenters. The van der Waals surface area contributed by atoms with E-state index in [4.69, 9.17) is 6.58 Å². The quantitative estimate of drug-likeness (QED) is 0.338. The van der Waals surface area contributed by atoms with Gasteiger partial charge in [0.25, 0.3) is 0 Å². The smallest absolute Gasteiger partial charge is 0.0172 e. The average molecular weight is 451 g/mol. The maximum absolute atomic E-state index is 4.70. The molecule has 0 N–H and O–H groups in total. The van der Waals surface area contributed by atoms with Crippen molar-refractivity contribution in [3.8, 4) is 0 Å². The number of rotatable bonds is 7. The Bertz CT molecular complexity index is 782. The summed E-state index contributed by atoms with van der Waals surface area (Å²) in [5, 5.41) is 0. The first kappa shape index (κ1) is 25.3. The fourth-order valence-electron chi connectivity index (χ4n) is 10.5. The van der Waals surface area contributed by atoms with Crippen molar-refractivity contribution < 1.29 is 0 Å². The van der Waals surface area contributed by atoms with Gasteiger partial charge in [-0.3, -0.25) is 0 Å². The van der Waals surface area contributed by atoms with Gasteiger partial charge in [0, 0.05) is 0 Å². The van der Waals surface area contributed by atoms with E-state index >= 15 is 0 Å². The van der Waals surface area contributed by atoms with E-state index in [2.05, 4.69) is 54.2 Å². The first-order valence-electron chi connectivity index (χ1n) is 14.4. The predicted octanol–water partition coefficient (Wildman–Crippen LogP) is 10.3. The summed E-state index contributed by atoms with van der Waals surface area (Å²) in [7, 11) is 0. The highest BCUT2D eigenvalue weighted by Gasteiger charge is 2.67. The van der Waals surface area contributed by atoms with Crippen LogP contribution in [0.4, 0.5) is 0 Å². The van der Waals surface area contributed by atoms with Crippen LogP contribution in [0.5, 0.6) is 0 Å². The first-order valence-corrected chi connectivity index (χ1v) is 14.4. The van der Waals surface area contributed by atoms with Crippen molar-refractivity contribution in [1.29, 1.82) is 0 Å². The maximum Gasteiger partial charge on any atom is -0.0172 e. The van der Waals surface area contributed by atoms with E-state index in [0.717, 1.165) is 36.5 Å². The summed E-state index contributed by atoms with van der Waals surface area (Å²) in [6.07, 6.45) is 22.2. The summed E-state index contributed by atoms with van der Waals surface area (Å²) in [5.74, 6) is 3.49. The Hall–Kier alpha value is -0.780. The van der Waals surface area contributed by atoms with Crippen molar-refractivity contribution in [3.63, 3.8) is 0 Å². The van der Waals surface area contributed by atoms with Gasteiger partial charge < -0.3 is 0 Å². The standard InChI is InChI=1S/C33H54/c1-9-10-13-24(2)14-11-15-25(3)26-18-22-32(7)27(26)16-17-29-31(6)21-12-20-30(4,5)28(31)19-23-33(29,32)8/h9,14,26-29H,1,3,10-13,15-23H2,2,4-8H3/b24-14+/t26-,27+,28+,29-,31+,32-,33-/m1/s1. The molecule has 0 aromatic carbocycles. The molecule has 0 radical (unpaired) electrons. The van der Waals surface area contributed by atoms with E-state index in [-0.39, 0.29) is 0 Å². The Morgan fingerprint density at radius 3 is 2.27 bits per heavy atom. The summed E-state index contributed by atoms with van der Waals surface area (Å²) in [6.45, 7) is 24.2. The minimum Gasteiger partial charge on any atom is -0.103 e. The highest BCUT2D eigenvalue weighted by Crippen LogP contribution is 2.75. The van der Waals surface area contributed by atoms with Crippen LogP contribution in [0, 0.1) is 45.3 Å². The molecule has 4 aliphatic rings. The van der Waals surface area contributed by atoms with E-state index in [9.17, 15) is 0 Å². The van der Waals surface area contributed by atoms with Crippen LogP contribution < -0.4 is 0 Å². The zero-order chi connectivity index (χ0) is 24.1. The number of hydrogen-bond acceptors (Lipinski definition) is 0. The molecule has 4 rings (SSSR count). The number of allylic oxidation sites excluding steroid dienone is 4. The summed E-state index contributed by atoms with van der Waals surface area (Å²) in [4.78, 5) is 0. The normalized spacial score (nSPS) is 44.5. The van der Waals surface area contributed by atoms with Gasteiger partial charge in [0.1, 0.15) is 0 Å². The summed E-state index contributed by atoms with van der Waals surface area (Å²) in [6, 6.07) is 0. The Balaban J connectivity index is 1.49. The molecule has 0 saturated heterocycles. The lowest BCUT2D eigenvalue weighted by Gasteiger charge is -2.69. The van der Waals surface area contributed by atoms with Crippen LogP contribution in [0.3, 0.4) is 0 Å². The molecule has 0 aromatic heterocycles. The maximum atomic E-state index is 4.70. The van der Waals surface area contributed by atoms with Crippen molar-refractivity contribution in [3.05, 3.63) is 36.5 Å². The molecule has 0 aliphatic heterocycles. The van der Waals surface area contributed by atoms with Crippen molar-refractivity contribution in [2.75, 3.05) is 0 Å². The Kier molecular flexibility index (Phi) is 6.92. The van der Waals surface area contributed by atoms with Crippen molar-refractivity contribution in [2.24, 2.45) is 45.3 Å². The van der Waals surface area contributed by atoms with Gasteiger partial charge >= 0.3 is 0 Å². The highest BCUT2D eigenvalue weighted by molar-refractivity contribution is 5.20. The molecule has 0 nitrogen and oxygen atoms in total. The van der Waals surface area contributed by atoms with Crippen LogP contribution in [-0.2, 0) is 0 Å². The van der Waals surface area contributed by atoms with Gasteiger partial charge in [-0.25, -0.2) is 0 Å². The minimum atomic E-state index is 0.509. The van der Waals surface area contributed by atoms with Crippen LogP contribution >= 0.6 is 0 Å². The molecule has 4 fully saturated rings. The van der Waals surface area contributed by atoms with Gasteiger partial charge in [0.2, 0.25) is 0 Å². The zero-order valence-electron chi connectivity index (χ0n) is 23.1. The van der Waals surface area contributed by atoms with Crippen LogP contribution in [0.1, 0.15) is 125 Å². The molecule has 0 amide bonds. The Labute approximate surface area is 206 Å². The van der Waals surface area contributed by atoms with E-state index in [1.54, 1.807) is 5.57 Å². The lowest BCUT2D eigenvalue weighted by atomic mass is 9.36. The third kappa shape index (κ3) is 4.04. The molecular formula is C33H54. The van der Waals surface area contributed by atoms with Gasteiger partial charge in [-0.15, -0.1) is 6.58 Å². The van der Waals surface area contributed by atoms with E-state index < -0.39 is 0 Å². The van der Waals surface area contributed by atoms with Gasteiger partial charge in [-0.1, -0.05) is 70.9 Å². The summed E-state index contributed by atoms with van der Waals surface area (Å²) in [5.41, 5.74) is 5.21. The van der Waals surface area contributed by atoms with Gasteiger partial charge in [0.05, 0.1) is 0 Å². The molecule has 33 heavy (non-hydrogen) atoms. The number of fused-ring (bicyclic) bond motifs is 5. The second-order valence-electron chi connectivity index (χ2n) is 14.2. The van der Waals surface area contributed by atoms with Crippen LogP contribution in [0.25, 0.3) is 0 Å². The topological polar surface area (TPSA) is 0 Å². The summed E-state index contributed by atoms with van der Waals surface area (Å²) >= 11 is 0. The monoisotopic (exact) mass is 450 g/mol.